The van der Waals surface area contributed by atoms with Gasteiger partial charge in [0.1, 0.15) is 0 Å². The summed E-state index contributed by atoms with van der Waals surface area (Å²) in [6.07, 6.45) is 3.29. The van der Waals surface area contributed by atoms with Crippen LogP contribution in [0.3, 0.4) is 0 Å². The molecule has 0 atom stereocenters. The van der Waals surface area contributed by atoms with Gasteiger partial charge in [0, 0.05) is 10.5 Å². The highest BCUT2D eigenvalue weighted by Gasteiger charge is 2.07. The number of anilines is 1. The van der Waals surface area contributed by atoms with E-state index in [9.17, 15) is 4.79 Å². The fourth-order valence-electron chi connectivity index (χ4n) is 1.85. The topological polar surface area (TPSA) is 42.0 Å². The second-order valence-corrected chi connectivity index (χ2v) is 6.22. The first-order chi connectivity index (χ1) is 10.2. The van der Waals surface area contributed by atoms with E-state index < -0.39 is 0 Å². The van der Waals surface area contributed by atoms with E-state index in [0.717, 1.165) is 20.3 Å². The molecule has 0 saturated heterocycles. The van der Waals surface area contributed by atoms with Crippen molar-refractivity contribution in [3.8, 4) is 0 Å². The Morgan fingerprint density at radius 1 is 1.14 bits per heavy atom. The van der Waals surface area contributed by atoms with Gasteiger partial charge in [0.05, 0.1) is 10.2 Å². The fraction of sp³-hybridized carbons (Fsp3) is 0. The van der Waals surface area contributed by atoms with Crippen molar-refractivity contribution in [3.63, 3.8) is 0 Å². The highest BCUT2D eigenvalue weighted by Crippen LogP contribution is 2.30. The predicted octanol–water partition coefficient (Wildman–Crippen LogP) is 4.71. The summed E-state index contributed by atoms with van der Waals surface area (Å²) in [6.45, 7) is 0. The van der Waals surface area contributed by atoms with Crippen LogP contribution in [0.2, 0.25) is 0 Å². The van der Waals surface area contributed by atoms with Crippen LogP contribution in [0.15, 0.2) is 59.1 Å². The van der Waals surface area contributed by atoms with Crippen LogP contribution in [-0.4, -0.2) is 10.9 Å². The number of amides is 1. The number of halogens is 1. The number of hydrogen-bond acceptors (Lipinski definition) is 3. The number of fused-ring (bicyclic) bond motifs is 1. The van der Waals surface area contributed by atoms with Crippen molar-refractivity contribution < 1.29 is 4.79 Å². The summed E-state index contributed by atoms with van der Waals surface area (Å²) in [5.41, 5.74) is 1.85. The van der Waals surface area contributed by atoms with Gasteiger partial charge in [0.2, 0.25) is 5.91 Å². The maximum Gasteiger partial charge on any atom is 0.250 e. The molecule has 21 heavy (non-hydrogen) atoms. The number of para-hydroxylation sites is 1. The van der Waals surface area contributed by atoms with Crippen molar-refractivity contribution in [2.75, 3.05) is 5.32 Å². The van der Waals surface area contributed by atoms with Crippen LogP contribution in [0.1, 0.15) is 5.56 Å². The number of hydrogen-bond donors (Lipinski definition) is 1. The third-order valence-electron chi connectivity index (χ3n) is 2.83. The Morgan fingerprint density at radius 2 is 1.95 bits per heavy atom. The van der Waals surface area contributed by atoms with Gasteiger partial charge < -0.3 is 0 Å². The van der Waals surface area contributed by atoms with Gasteiger partial charge in [-0.3, -0.25) is 10.1 Å². The molecule has 0 spiro atoms. The number of nitrogens with zero attached hydrogens (tertiary/aromatic N) is 1. The van der Waals surface area contributed by atoms with Crippen molar-refractivity contribution in [2.24, 2.45) is 0 Å². The van der Waals surface area contributed by atoms with Gasteiger partial charge in [-0.15, -0.1) is 0 Å². The average molecular weight is 359 g/mol. The molecule has 0 bridgehead atoms. The second kappa shape index (κ2) is 6.20. The standard InChI is InChI=1S/C16H11BrN2OS/c17-12-7-4-8-13-15(12)19-16(21-13)18-14(20)10-9-11-5-2-1-3-6-11/h1-10H,(H,18,19,20)/b10-9+. The molecule has 1 aromatic heterocycles. The molecule has 0 aliphatic carbocycles. The van der Waals surface area contributed by atoms with Gasteiger partial charge in [-0.1, -0.05) is 47.7 Å². The first-order valence-corrected chi connectivity index (χ1v) is 7.92. The summed E-state index contributed by atoms with van der Waals surface area (Å²) in [5.74, 6) is -0.186. The van der Waals surface area contributed by atoms with E-state index in [1.807, 2.05) is 48.5 Å². The number of aromatic nitrogens is 1. The summed E-state index contributed by atoms with van der Waals surface area (Å²) in [7, 11) is 0. The van der Waals surface area contributed by atoms with Crippen molar-refractivity contribution in [1.82, 2.24) is 4.98 Å². The number of thiazole rings is 1. The lowest BCUT2D eigenvalue weighted by Crippen LogP contribution is -2.07. The van der Waals surface area contributed by atoms with Gasteiger partial charge in [-0.2, -0.15) is 0 Å². The Bertz CT molecular complexity index is 812. The lowest BCUT2D eigenvalue weighted by molar-refractivity contribution is -0.111. The van der Waals surface area contributed by atoms with Crippen LogP contribution in [0.5, 0.6) is 0 Å². The summed E-state index contributed by atoms with van der Waals surface area (Å²) >= 11 is 4.91. The van der Waals surface area contributed by atoms with Crippen molar-refractivity contribution in [1.29, 1.82) is 0 Å². The Hall–Kier alpha value is -1.98. The minimum Gasteiger partial charge on any atom is -0.298 e. The zero-order chi connectivity index (χ0) is 14.7. The highest BCUT2D eigenvalue weighted by molar-refractivity contribution is 9.10. The monoisotopic (exact) mass is 358 g/mol. The van der Waals surface area contributed by atoms with E-state index in [1.165, 1.54) is 17.4 Å². The molecule has 0 fully saturated rings. The summed E-state index contributed by atoms with van der Waals surface area (Å²) in [5, 5.41) is 3.39. The number of benzene rings is 2. The van der Waals surface area contributed by atoms with Gasteiger partial charge in [-0.25, -0.2) is 4.98 Å². The maximum atomic E-state index is 11.9. The maximum absolute atomic E-state index is 11.9. The Balaban J connectivity index is 1.74. The highest BCUT2D eigenvalue weighted by atomic mass is 79.9. The summed E-state index contributed by atoms with van der Waals surface area (Å²) in [6, 6.07) is 15.6. The van der Waals surface area contributed by atoms with Gasteiger partial charge >= 0.3 is 0 Å². The molecule has 3 nitrogen and oxygen atoms in total. The molecular weight excluding hydrogens is 348 g/mol. The van der Waals surface area contributed by atoms with Crippen LogP contribution < -0.4 is 5.32 Å². The molecular formula is C16H11BrN2OS. The van der Waals surface area contributed by atoms with E-state index in [4.69, 9.17) is 0 Å². The normalized spacial score (nSPS) is 11.1. The van der Waals surface area contributed by atoms with Gasteiger partial charge in [-0.05, 0) is 39.7 Å². The zero-order valence-corrected chi connectivity index (χ0v) is 13.3. The van der Waals surface area contributed by atoms with E-state index >= 15 is 0 Å². The largest absolute Gasteiger partial charge is 0.298 e. The van der Waals surface area contributed by atoms with Crippen LogP contribution in [0.25, 0.3) is 16.3 Å². The van der Waals surface area contributed by atoms with Crippen LogP contribution in [0, 0.1) is 0 Å². The van der Waals surface area contributed by atoms with Crippen LogP contribution in [-0.2, 0) is 4.79 Å². The number of rotatable bonds is 3. The lowest BCUT2D eigenvalue weighted by Gasteiger charge is -1.95. The molecule has 0 saturated carbocycles. The minimum absolute atomic E-state index is 0.186. The van der Waals surface area contributed by atoms with Crippen molar-refractivity contribution in [3.05, 3.63) is 64.6 Å². The molecule has 0 aliphatic heterocycles. The summed E-state index contributed by atoms with van der Waals surface area (Å²) < 4.78 is 1.96. The third-order valence-corrected chi connectivity index (χ3v) is 4.40. The van der Waals surface area contributed by atoms with Crippen LogP contribution in [0.4, 0.5) is 5.13 Å². The average Bonchev–Trinajstić information content (AvgIpc) is 2.90. The smallest absolute Gasteiger partial charge is 0.250 e. The quantitative estimate of drug-likeness (QED) is 0.688. The molecule has 5 heteroatoms. The predicted molar refractivity (Wildman–Crippen MR) is 91.4 cm³/mol. The van der Waals surface area contributed by atoms with Gasteiger partial charge in [0.15, 0.2) is 5.13 Å². The molecule has 0 aliphatic rings. The summed E-state index contributed by atoms with van der Waals surface area (Å²) in [4.78, 5) is 16.3. The van der Waals surface area contributed by atoms with Crippen molar-refractivity contribution in [2.45, 2.75) is 0 Å². The molecule has 2 aromatic carbocycles. The van der Waals surface area contributed by atoms with E-state index in [-0.39, 0.29) is 5.91 Å². The molecule has 104 valence electrons. The second-order valence-electron chi connectivity index (χ2n) is 4.34. The Kier molecular flexibility index (Phi) is 4.13. The number of nitrogens with one attached hydrogen (secondary N) is 1. The zero-order valence-electron chi connectivity index (χ0n) is 10.9. The molecule has 1 amide bonds. The SMILES string of the molecule is O=C(/C=C/c1ccccc1)Nc1nc2c(Br)cccc2s1. The molecule has 0 radical (unpaired) electrons. The van der Waals surface area contributed by atoms with E-state index in [1.54, 1.807) is 6.08 Å². The Labute approximate surface area is 134 Å². The molecule has 0 unspecified atom stereocenters. The molecule has 1 N–H and O–H groups in total. The van der Waals surface area contributed by atoms with E-state index in [0.29, 0.717) is 5.13 Å². The number of carbonyl (C=O) groups is 1. The van der Waals surface area contributed by atoms with Gasteiger partial charge in [0.25, 0.3) is 0 Å². The molecule has 1 heterocycles. The number of carbonyl (C=O) groups excluding carboxylic acids is 1. The molecule has 3 aromatic rings. The van der Waals surface area contributed by atoms with Crippen LogP contribution >= 0.6 is 27.3 Å². The van der Waals surface area contributed by atoms with Crippen molar-refractivity contribution >= 4 is 54.6 Å². The third kappa shape index (κ3) is 3.37. The minimum atomic E-state index is -0.186. The first kappa shape index (κ1) is 14.0. The fourth-order valence-corrected chi connectivity index (χ4v) is 3.33. The first-order valence-electron chi connectivity index (χ1n) is 6.31. The Morgan fingerprint density at radius 3 is 2.71 bits per heavy atom. The lowest BCUT2D eigenvalue weighted by atomic mass is 10.2. The van der Waals surface area contributed by atoms with E-state index in [2.05, 4.69) is 26.2 Å². The molecule has 3 rings (SSSR count).